The van der Waals surface area contributed by atoms with Crippen LogP contribution in [0.25, 0.3) is 0 Å². The number of allylic oxidation sites excluding steroid dienone is 1. The minimum atomic E-state index is -0.445. The Kier molecular flexibility index (Phi) is 5.78. The van der Waals surface area contributed by atoms with Crippen molar-refractivity contribution in [2.75, 3.05) is 0 Å². The minimum Gasteiger partial charge on any atom is -0.393 e. The number of hydrogen-bond donors (Lipinski definition) is 2. The van der Waals surface area contributed by atoms with E-state index in [9.17, 15) is 10.2 Å². The SMILES string of the molecule is CC[C@]1(O)CC[C@@]2(C)C(=CC[C@H]3[C@@H]4CC[C@H]([C@H](C)CCC(C)O)[C@@]4(C)CC[C@@H]32)C1. The van der Waals surface area contributed by atoms with Crippen LogP contribution < -0.4 is 0 Å². The van der Waals surface area contributed by atoms with Crippen molar-refractivity contribution in [3.8, 4) is 0 Å². The lowest BCUT2D eigenvalue weighted by atomic mass is 9.46. The van der Waals surface area contributed by atoms with Gasteiger partial charge < -0.3 is 10.2 Å². The van der Waals surface area contributed by atoms with Crippen LogP contribution in [0, 0.1) is 40.4 Å². The second kappa shape index (κ2) is 7.66. The first-order valence-corrected chi connectivity index (χ1v) is 12.7. The zero-order chi connectivity index (χ0) is 21.0. The van der Waals surface area contributed by atoms with Crippen LogP contribution in [0.1, 0.15) is 105 Å². The molecule has 0 bridgehead atoms. The Balaban J connectivity index is 1.54. The third kappa shape index (κ3) is 3.55. The van der Waals surface area contributed by atoms with Gasteiger partial charge in [-0.1, -0.05) is 39.3 Å². The first kappa shape index (κ1) is 21.9. The van der Waals surface area contributed by atoms with Crippen molar-refractivity contribution in [1.29, 1.82) is 0 Å². The Morgan fingerprint density at radius 2 is 1.79 bits per heavy atom. The molecule has 0 aromatic heterocycles. The number of rotatable bonds is 5. The van der Waals surface area contributed by atoms with Gasteiger partial charge in [0.05, 0.1) is 11.7 Å². The van der Waals surface area contributed by atoms with Gasteiger partial charge in [0.2, 0.25) is 0 Å². The summed E-state index contributed by atoms with van der Waals surface area (Å²) in [4.78, 5) is 0. The second-order valence-corrected chi connectivity index (χ2v) is 12.1. The van der Waals surface area contributed by atoms with Crippen molar-refractivity contribution < 1.29 is 10.2 Å². The van der Waals surface area contributed by atoms with E-state index in [1.165, 1.54) is 44.9 Å². The highest BCUT2D eigenvalue weighted by Gasteiger charge is 2.59. The van der Waals surface area contributed by atoms with E-state index in [4.69, 9.17) is 0 Å². The third-order valence-corrected chi connectivity index (χ3v) is 10.7. The van der Waals surface area contributed by atoms with Gasteiger partial charge in [0, 0.05) is 0 Å². The van der Waals surface area contributed by atoms with Gasteiger partial charge in [-0.2, -0.15) is 0 Å². The molecule has 0 aliphatic heterocycles. The lowest BCUT2D eigenvalue weighted by Crippen LogP contribution is -2.52. The maximum Gasteiger partial charge on any atom is 0.0682 e. The van der Waals surface area contributed by atoms with E-state index < -0.39 is 5.60 Å². The lowest BCUT2D eigenvalue weighted by Gasteiger charge is -2.59. The van der Waals surface area contributed by atoms with Crippen molar-refractivity contribution in [1.82, 2.24) is 0 Å². The highest BCUT2D eigenvalue weighted by molar-refractivity contribution is 5.27. The summed E-state index contributed by atoms with van der Waals surface area (Å²) in [5.74, 6) is 4.12. The maximum atomic E-state index is 10.9. The van der Waals surface area contributed by atoms with Crippen LogP contribution in [0.3, 0.4) is 0 Å². The molecule has 0 amide bonds. The normalized spacial score (nSPS) is 48.9. The zero-order valence-corrected chi connectivity index (χ0v) is 19.7. The summed E-state index contributed by atoms with van der Waals surface area (Å²) in [7, 11) is 0. The summed E-state index contributed by atoms with van der Waals surface area (Å²) in [6, 6.07) is 0. The molecule has 29 heavy (non-hydrogen) atoms. The van der Waals surface area contributed by atoms with Crippen LogP contribution >= 0.6 is 0 Å². The zero-order valence-electron chi connectivity index (χ0n) is 19.7. The first-order chi connectivity index (χ1) is 13.6. The quantitative estimate of drug-likeness (QED) is 0.515. The Hall–Kier alpha value is -0.340. The molecule has 0 heterocycles. The number of aliphatic hydroxyl groups excluding tert-OH is 1. The standard InChI is InChI=1S/C27H46O2/c1-6-27(29)16-15-25(4)20(17-27)9-10-21-23-12-11-22(18(2)7-8-19(3)28)26(23,5)14-13-24(21)25/h9,18-19,21-24,28-29H,6-8,10-17H2,1-5H3/t18-,19?,21+,22-,23+,24+,25+,26-,27+/m1/s1. The number of fused-ring (bicyclic) bond motifs is 5. The van der Waals surface area contributed by atoms with Crippen LogP contribution in [0.5, 0.6) is 0 Å². The highest BCUT2D eigenvalue weighted by atomic mass is 16.3. The fourth-order valence-corrected chi connectivity index (χ4v) is 8.69. The molecular formula is C27H46O2. The molecule has 2 nitrogen and oxygen atoms in total. The predicted molar refractivity (Wildman–Crippen MR) is 121 cm³/mol. The van der Waals surface area contributed by atoms with Crippen LogP contribution in [-0.4, -0.2) is 21.9 Å². The Labute approximate surface area is 179 Å². The van der Waals surface area contributed by atoms with E-state index in [0.717, 1.165) is 55.3 Å². The summed E-state index contributed by atoms with van der Waals surface area (Å²) >= 11 is 0. The number of hydrogen-bond acceptors (Lipinski definition) is 2. The maximum absolute atomic E-state index is 10.9. The van der Waals surface area contributed by atoms with E-state index in [-0.39, 0.29) is 6.10 Å². The molecule has 3 saturated carbocycles. The lowest BCUT2D eigenvalue weighted by molar-refractivity contribution is -0.0757. The number of aliphatic hydroxyl groups is 2. The van der Waals surface area contributed by atoms with Crippen molar-refractivity contribution >= 4 is 0 Å². The molecule has 4 aliphatic carbocycles. The van der Waals surface area contributed by atoms with Crippen molar-refractivity contribution in [2.45, 2.75) is 117 Å². The Morgan fingerprint density at radius 3 is 2.48 bits per heavy atom. The summed E-state index contributed by atoms with van der Waals surface area (Å²) < 4.78 is 0. The van der Waals surface area contributed by atoms with E-state index in [1.54, 1.807) is 5.57 Å². The molecule has 1 unspecified atom stereocenters. The van der Waals surface area contributed by atoms with Gasteiger partial charge in [-0.15, -0.1) is 0 Å². The molecule has 0 spiro atoms. The van der Waals surface area contributed by atoms with Gasteiger partial charge in [0.1, 0.15) is 0 Å². The van der Waals surface area contributed by atoms with Crippen molar-refractivity contribution in [2.24, 2.45) is 40.4 Å². The fourth-order valence-electron chi connectivity index (χ4n) is 8.69. The molecule has 9 atom stereocenters. The van der Waals surface area contributed by atoms with Crippen LogP contribution in [0.4, 0.5) is 0 Å². The molecular weight excluding hydrogens is 356 g/mol. The molecule has 2 heteroatoms. The van der Waals surface area contributed by atoms with Gasteiger partial charge in [0.15, 0.2) is 0 Å². The van der Waals surface area contributed by atoms with E-state index in [0.29, 0.717) is 10.8 Å². The fraction of sp³-hybridized carbons (Fsp3) is 0.926. The molecule has 2 N–H and O–H groups in total. The third-order valence-electron chi connectivity index (χ3n) is 10.7. The van der Waals surface area contributed by atoms with Gasteiger partial charge in [0.25, 0.3) is 0 Å². The van der Waals surface area contributed by atoms with E-state index in [2.05, 4.69) is 33.8 Å². The molecule has 0 radical (unpaired) electrons. The van der Waals surface area contributed by atoms with E-state index >= 15 is 0 Å². The molecule has 166 valence electrons. The molecule has 3 fully saturated rings. The first-order valence-electron chi connectivity index (χ1n) is 12.7. The molecule has 4 rings (SSSR count). The monoisotopic (exact) mass is 402 g/mol. The minimum absolute atomic E-state index is 0.159. The van der Waals surface area contributed by atoms with Crippen LogP contribution in [-0.2, 0) is 0 Å². The smallest absolute Gasteiger partial charge is 0.0682 e. The summed E-state index contributed by atoms with van der Waals surface area (Å²) in [5.41, 5.74) is 1.98. The highest BCUT2D eigenvalue weighted by Crippen LogP contribution is 2.67. The average molecular weight is 403 g/mol. The average Bonchev–Trinajstić information content (AvgIpc) is 3.04. The van der Waals surface area contributed by atoms with Gasteiger partial charge in [-0.25, -0.2) is 0 Å². The van der Waals surface area contributed by atoms with Gasteiger partial charge >= 0.3 is 0 Å². The summed E-state index contributed by atoms with van der Waals surface area (Å²) in [6.07, 6.45) is 15.4. The molecule has 0 aromatic carbocycles. The van der Waals surface area contributed by atoms with Gasteiger partial charge in [-0.3, -0.25) is 0 Å². The van der Waals surface area contributed by atoms with Gasteiger partial charge in [-0.05, 0) is 118 Å². The Morgan fingerprint density at radius 1 is 1.03 bits per heavy atom. The summed E-state index contributed by atoms with van der Waals surface area (Å²) in [5, 5.41) is 20.7. The summed E-state index contributed by atoms with van der Waals surface area (Å²) in [6.45, 7) is 11.7. The molecule has 0 aromatic rings. The topological polar surface area (TPSA) is 40.5 Å². The molecule has 0 saturated heterocycles. The largest absolute Gasteiger partial charge is 0.393 e. The van der Waals surface area contributed by atoms with Crippen molar-refractivity contribution in [3.63, 3.8) is 0 Å². The van der Waals surface area contributed by atoms with Crippen LogP contribution in [0.15, 0.2) is 11.6 Å². The van der Waals surface area contributed by atoms with Crippen LogP contribution in [0.2, 0.25) is 0 Å². The Bertz CT molecular complexity index is 638. The van der Waals surface area contributed by atoms with Crippen molar-refractivity contribution in [3.05, 3.63) is 11.6 Å². The molecule has 4 aliphatic rings. The van der Waals surface area contributed by atoms with E-state index in [1.807, 2.05) is 6.92 Å². The predicted octanol–water partition coefficient (Wildman–Crippen LogP) is 6.50. The second-order valence-electron chi connectivity index (χ2n) is 12.1.